The first-order chi connectivity index (χ1) is 13.0. The van der Waals surface area contributed by atoms with E-state index in [9.17, 15) is 9.59 Å². The summed E-state index contributed by atoms with van der Waals surface area (Å²) in [6.45, 7) is 2.32. The summed E-state index contributed by atoms with van der Waals surface area (Å²) in [6.07, 6.45) is 2.68. The van der Waals surface area contributed by atoms with Gasteiger partial charge >= 0.3 is 0 Å². The Morgan fingerprint density at radius 2 is 1.85 bits per heavy atom. The Kier molecular flexibility index (Phi) is 6.24. The van der Waals surface area contributed by atoms with Crippen LogP contribution in [0.15, 0.2) is 36.4 Å². The zero-order valence-corrected chi connectivity index (χ0v) is 16.4. The maximum Gasteiger partial charge on any atom is 0.255 e. The highest BCUT2D eigenvalue weighted by Gasteiger charge is 2.25. The monoisotopic (exact) mass is 406 g/mol. The summed E-state index contributed by atoms with van der Waals surface area (Å²) in [6, 6.07) is 9.80. The molecule has 0 aromatic heterocycles. The standard InChI is InChI=1S/C20H20Cl2N2O3/c1-2-27-18-8-5-13(10-17(18)24-19(25)9-12-3-4-12)20(26)23-14-6-7-15(21)16(22)11-14/h5-8,10-12H,2-4,9H2,1H3,(H,23,26)(H,24,25). The Bertz CT molecular complexity index is 866. The number of anilines is 2. The summed E-state index contributed by atoms with van der Waals surface area (Å²) in [5, 5.41) is 6.39. The molecule has 0 saturated heterocycles. The third-order valence-electron chi connectivity index (χ3n) is 4.16. The predicted molar refractivity (Wildman–Crippen MR) is 108 cm³/mol. The lowest BCUT2D eigenvalue weighted by Gasteiger charge is -2.13. The molecule has 2 N–H and O–H groups in total. The molecule has 3 rings (SSSR count). The van der Waals surface area contributed by atoms with Crippen molar-refractivity contribution < 1.29 is 14.3 Å². The molecule has 0 spiro atoms. The first-order valence-corrected chi connectivity index (χ1v) is 9.55. The summed E-state index contributed by atoms with van der Waals surface area (Å²) in [5.41, 5.74) is 1.41. The molecule has 1 aliphatic carbocycles. The Morgan fingerprint density at radius 3 is 2.52 bits per heavy atom. The minimum absolute atomic E-state index is 0.0690. The van der Waals surface area contributed by atoms with Gasteiger partial charge in [0.15, 0.2) is 0 Å². The number of carbonyl (C=O) groups excluding carboxylic acids is 2. The van der Waals surface area contributed by atoms with Gasteiger partial charge in [-0.15, -0.1) is 0 Å². The third kappa shape index (κ3) is 5.37. The first-order valence-electron chi connectivity index (χ1n) is 8.79. The summed E-state index contributed by atoms with van der Waals surface area (Å²) in [7, 11) is 0. The van der Waals surface area contributed by atoms with E-state index in [1.807, 2.05) is 6.92 Å². The largest absolute Gasteiger partial charge is 0.492 e. The normalized spacial score (nSPS) is 13.1. The van der Waals surface area contributed by atoms with Crippen LogP contribution in [-0.4, -0.2) is 18.4 Å². The van der Waals surface area contributed by atoms with Crippen LogP contribution in [0, 0.1) is 5.92 Å². The fourth-order valence-electron chi connectivity index (χ4n) is 2.61. The van der Waals surface area contributed by atoms with Crippen LogP contribution in [0.4, 0.5) is 11.4 Å². The number of carbonyl (C=O) groups is 2. The molecule has 0 radical (unpaired) electrons. The van der Waals surface area contributed by atoms with Crippen LogP contribution in [0.5, 0.6) is 5.75 Å². The van der Waals surface area contributed by atoms with Gasteiger partial charge in [0.1, 0.15) is 5.75 Å². The van der Waals surface area contributed by atoms with E-state index in [2.05, 4.69) is 10.6 Å². The second-order valence-electron chi connectivity index (χ2n) is 6.42. The van der Waals surface area contributed by atoms with Crippen molar-refractivity contribution in [1.29, 1.82) is 0 Å². The quantitative estimate of drug-likeness (QED) is 0.647. The summed E-state index contributed by atoms with van der Waals surface area (Å²) >= 11 is 11.9. The van der Waals surface area contributed by atoms with E-state index < -0.39 is 0 Å². The van der Waals surface area contributed by atoms with Gasteiger partial charge in [0.25, 0.3) is 5.91 Å². The highest BCUT2D eigenvalue weighted by atomic mass is 35.5. The van der Waals surface area contributed by atoms with Gasteiger partial charge in [-0.3, -0.25) is 9.59 Å². The minimum atomic E-state index is -0.325. The molecule has 0 aliphatic heterocycles. The van der Waals surface area contributed by atoms with Gasteiger partial charge < -0.3 is 15.4 Å². The molecule has 1 fully saturated rings. The van der Waals surface area contributed by atoms with Crippen LogP contribution in [0.25, 0.3) is 0 Å². The second-order valence-corrected chi connectivity index (χ2v) is 7.24. The van der Waals surface area contributed by atoms with Gasteiger partial charge in [-0.25, -0.2) is 0 Å². The number of nitrogens with one attached hydrogen (secondary N) is 2. The van der Waals surface area contributed by atoms with Gasteiger partial charge in [-0.1, -0.05) is 23.2 Å². The smallest absolute Gasteiger partial charge is 0.255 e. The number of hydrogen-bond donors (Lipinski definition) is 2. The van der Waals surface area contributed by atoms with Crippen molar-refractivity contribution in [2.75, 3.05) is 17.2 Å². The Hall–Kier alpha value is -2.24. The van der Waals surface area contributed by atoms with E-state index in [-0.39, 0.29) is 11.8 Å². The highest BCUT2D eigenvalue weighted by molar-refractivity contribution is 6.42. The lowest BCUT2D eigenvalue weighted by atomic mass is 10.1. The van der Waals surface area contributed by atoms with Gasteiger partial charge in [0, 0.05) is 17.7 Å². The molecule has 0 heterocycles. The Balaban J connectivity index is 1.77. The topological polar surface area (TPSA) is 67.4 Å². The molecule has 0 bridgehead atoms. The summed E-state index contributed by atoms with van der Waals surface area (Å²) in [5.74, 6) is 0.615. The fourth-order valence-corrected chi connectivity index (χ4v) is 2.91. The van der Waals surface area contributed by atoms with E-state index >= 15 is 0 Å². The van der Waals surface area contributed by atoms with Gasteiger partial charge in [0.05, 0.1) is 22.3 Å². The lowest BCUT2D eigenvalue weighted by Crippen LogP contribution is -2.16. The lowest BCUT2D eigenvalue weighted by molar-refractivity contribution is -0.116. The minimum Gasteiger partial charge on any atom is -0.492 e. The number of ether oxygens (including phenoxy) is 1. The molecule has 1 saturated carbocycles. The van der Waals surface area contributed by atoms with E-state index in [1.165, 1.54) is 0 Å². The fraction of sp³-hybridized carbons (Fsp3) is 0.300. The molecule has 5 nitrogen and oxygen atoms in total. The van der Waals surface area contributed by atoms with Crippen molar-refractivity contribution in [3.63, 3.8) is 0 Å². The molecular formula is C20H20Cl2N2O3. The van der Waals surface area contributed by atoms with Crippen LogP contribution in [0.2, 0.25) is 10.0 Å². The zero-order valence-electron chi connectivity index (χ0n) is 14.9. The van der Waals surface area contributed by atoms with Crippen LogP contribution in [-0.2, 0) is 4.79 Å². The highest BCUT2D eigenvalue weighted by Crippen LogP contribution is 2.33. The number of rotatable bonds is 7. The molecule has 2 aromatic carbocycles. The number of hydrogen-bond acceptors (Lipinski definition) is 3. The van der Waals surface area contributed by atoms with Crippen molar-refractivity contribution in [1.82, 2.24) is 0 Å². The van der Waals surface area contributed by atoms with Crippen LogP contribution < -0.4 is 15.4 Å². The average molecular weight is 407 g/mol. The van der Waals surface area contributed by atoms with Gasteiger partial charge in [-0.05, 0) is 62.1 Å². The van der Waals surface area contributed by atoms with Crippen molar-refractivity contribution in [2.24, 2.45) is 5.92 Å². The molecular weight excluding hydrogens is 387 g/mol. The van der Waals surface area contributed by atoms with E-state index in [1.54, 1.807) is 36.4 Å². The molecule has 2 aromatic rings. The summed E-state index contributed by atoms with van der Waals surface area (Å²) in [4.78, 5) is 24.7. The molecule has 1 aliphatic rings. The van der Waals surface area contributed by atoms with Gasteiger partial charge in [-0.2, -0.15) is 0 Å². The van der Waals surface area contributed by atoms with Crippen molar-refractivity contribution >= 4 is 46.4 Å². The SMILES string of the molecule is CCOc1ccc(C(=O)Nc2ccc(Cl)c(Cl)c2)cc1NC(=O)CC1CC1. The Morgan fingerprint density at radius 1 is 1.07 bits per heavy atom. The van der Waals surface area contributed by atoms with E-state index in [0.29, 0.717) is 51.7 Å². The Labute approximate surface area is 168 Å². The maximum atomic E-state index is 12.6. The maximum absolute atomic E-state index is 12.6. The number of amides is 2. The van der Waals surface area contributed by atoms with Crippen LogP contribution >= 0.6 is 23.2 Å². The molecule has 0 unspecified atom stereocenters. The van der Waals surface area contributed by atoms with Crippen molar-refractivity contribution in [3.05, 3.63) is 52.0 Å². The van der Waals surface area contributed by atoms with Gasteiger partial charge in [0.2, 0.25) is 5.91 Å². The van der Waals surface area contributed by atoms with E-state index in [4.69, 9.17) is 27.9 Å². The second kappa shape index (κ2) is 8.63. The third-order valence-corrected chi connectivity index (χ3v) is 4.90. The average Bonchev–Trinajstić information content (AvgIpc) is 3.43. The van der Waals surface area contributed by atoms with Crippen molar-refractivity contribution in [2.45, 2.75) is 26.2 Å². The van der Waals surface area contributed by atoms with E-state index in [0.717, 1.165) is 12.8 Å². The van der Waals surface area contributed by atoms with Crippen LogP contribution in [0.1, 0.15) is 36.5 Å². The molecule has 27 heavy (non-hydrogen) atoms. The molecule has 2 amide bonds. The number of halogens is 2. The van der Waals surface area contributed by atoms with Crippen LogP contribution in [0.3, 0.4) is 0 Å². The van der Waals surface area contributed by atoms with Crippen molar-refractivity contribution in [3.8, 4) is 5.75 Å². The molecule has 0 atom stereocenters. The zero-order chi connectivity index (χ0) is 19.4. The molecule has 7 heteroatoms. The molecule has 142 valence electrons. The first kappa shape index (κ1) is 19.5. The predicted octanol–water partition coefficient (Wildman–Crippen LogP) is 5.38. The summed E-state index contributed by atoms with van der Waals surface area (Å²) < 4.78 is 5.56. The number of benzene rings is 2.